The molecule has 0 aromatic heterocycles. The first-order chi connectivity index (χ1) is 14.1. The van der Waals surface area contributed by atoms with E-state index in [0.29, 0.717) is 0 Å². The van der Waals surface area contributed by atoms with E-state index in [1.165, 1.54) is 54.4 Å². The van der Waals surface area contributed by atoms with E-state index < -0.39 is 5.97 Å². The lowest BCUT2D eigenvalue weighted by Gasteiger charge is -2.42. The van der Waals surface area contributed by atoms with Crippen LogP contribution in [0.2, 0.25) is 0 Å². The molecule has 0 radical (unpaired) electrons. The van der Waals surface area contributed by atoms with Crippen LogP contribution < -0.4 is 0 Å². The van der Waals surface area contributed by atoms with Crippen molar-refractivity contribution in [3.8, 4) is 0 Å². The summed E-state index contributed by atoms with van der Waals surface area (Å²) in [5, 5.41) is 8.80. The van der Waals surface area contributed by atoms with Gasteiger partial charge in [-0.15, -0.1) is 0 Å². The van der Waals surface area contributed by atoms with Crippen molar-refractivity contribution in [1.82, 2.24) is 0 Å². The fraction of sp³-hybridized carbons (Fsp3) is 0.536. The standard InChI is InChI=1S/C28H40O2/c1-7-8-9-13-22-19-24-25(28(5,6)18-17-27(24,3)4)20-23(22)14-11-10-12-21(2)15-16-26(29)30/h10-12,14-15,19-20H,7-9,13,16-18H2,1-6H3,(H,29,30). The van der Waals surface area contributed by atoms with E-state index in [-0.39, 0.29) is 17.3 Å². The maximum atomic E-state index is 10.7. The van der Waals surface area contributed by atoms with Gasteiger partial charge in [0.05, 0.1) is 6.42 Å². The van der Waals surface area contributed by atoms with Gasteiger partial charge in [-0.25, -0.2) is 0 Å². The molecule has 0 saturated carbocycles. The fourth-order valence-corrected chi connectivity index (χ4v) is 4.30. The highest BCUT2D eigenvalue weighted by atomic mass is 16.4. The molecule has 1 aromatic carbocycles. The zero-order valence-corrected chi connectivity index (χ0v) is 19.8. The molecular formula is C28H40O2. The van der Waals surface area contributed by atoms with Gasteiger partial charge in [-0.05, 0) is 65.7 Å². The molecule has 0 fully saturated rings. The highest BCUT2D eigenvalue weighted by molar-refractivity contribution is 5.69. The molecule has 1 aliphatic rings. The molecule has 2 nitrogen and oxygen atoms in total. The molecule has 1 aliphatic carbocycles. The molecule has 0 spiro atoms. The summed E-state index contributed by atoms with van der Waals surface area (Å²) in [5.41, 5.74) is 7.23. The zero-order chi connectivity index (χ0) is 22.4. The number of rotatable bonds is 9. The van der Waals surface area contributed by atoms with Crippen LogP contribution in [0.15, 0.2) is 42.0 Å². The summed E-state index contributed by atoms with van der Waals surface area (Å²) < 4.78 is 0. The van der Waals surface area contributed by atoms with Crippen molar-refractivity contribution in [3.63, 3.8) is 0 Å². The molecule has 0 unspecified atom stereocenters. The van der Waals surface area contributed by atoms with Crippen LogP contribution in [0.25, 0.3) is 6.08 Å². The maximum Gasteiger partial charge on any atom is 0.307 e. The molecule has 0 amide bonds. The summed E-state index contributed by atoms with van der Waals surface area (Å²) in [6.07, 6.45) is 17.4. The van der Waals surface area contributed by atoms with Gasteiger partial charge in [0.1, 0.15) is 0 Å². The predicted molar refractivity (Wildman–Crippen MR) is 129 cm³/mol. The molecule has 30 heavy (non-hydrogen) atoms. The molecule has 0 atom stereocenters. The van der Waals surface area contributed by atoms with Crippen LogP contribution in [-0.2, 0) is 22.0 Å². The van der Waals surface area contributed by atoms with Gasteiger partial charge in [0, 0.05) is 0 Å². The van der Waals surface area contributed by atoms with E-state index in [2.05, 4.69) is 58.9 Å². The summed E-state index contributed by atoms with van der Waals surface area (Å²) in [4.78, 5) is 10.7. The molecule has 0 saturated heterocycles. The number of unbranched alkanes of at least 4 members (excludes halogenated alkanes) is 2. The Hall–Kier alpha value is -2.09. The predicted octanol–water partition coefficient (Wildman–Crippen LogP) is 7.76. The fourth-order valence-electron chi connectivity index (χ4n) is 4.30. The smallest absolute Gasteiger partial charge is 0.307 e. The summed E-state index contributed by atoms with van der Waals surface area (Å²) in [6.45, 7) is 13.7. The lowest BCUT2D eigenvalue weighted by Crippen LogP contribution is -2.34. The van der Waals surface area contributed by atoms with Crippen LogP contribution in [0.5, 0.6) is 0 Å². The highest BCUT2D eigenvalue weighted by Gasteiger charge is 2.37. The monoisotopic (exact) mass is 408 g/mol. The first kappa shape index (κ1) is 24.2. The van der Waals surface area contributed by atoms with Crippen molar-refractivity contribution in [3.05, 3.63) is 64.3 Å². The molecule has 1 aromatic rings. The first-order valence-corrected chi connectivity index (χ1v) is 11.5. The van der Waals surface area contributed by atoms with E-state index in [1.807, 2.05) is 19.1 Å². The van der Waals surface area contributed by atoms with Crippen molar-refractivity contribution in [2.75, 3.05) is 0 Å². The number of hydrogen-bond acceptors (Lipinski definition) is 1. The molecule has 1 N–H and O–H groups in total. The van der Waals surface area contributed by atoms with E-state index >= 15 is 0 Å². The van der Waals surface area contributed by atoms with Crippen LogP contribution in [0.4, 0.5) is 0 Å². The molecular weight excluding hydrogens is 368 g/mol. The van der Waals surface area contributed by atoms with Crippen molar-refractivity contribution >= 4 is 12.0 Å². The number of allylic oxidation sites excluding steroid dienone is 4. The Morgan fingerprint density at radius 3 is 2.27 bits per heavy atom. The number of carbonyl (C=O) groups is 1. The Morgan fingerprint density at radius 1 is 1.03 bits per heavy atom. The van der Waals surface area contributed by atoms with Crippen LogP contribution in [0.3, 0.4) is 0 Å². The topological polar surface area (TPSA) is 37.3 Å². The normalized spacial score (nSPS) is 18.1. The van der Waals surface area contributed by atoms with Crippen molar-refractivity contribution in [1.29, 1.82) is 0 Å². The number of fused-ring (bicyclic) bond motifs is 1. The van der Waals surface area contributed by atoms with E-state index in [0.717, 1.165) is 12.0 Å². The Kier molecular flexibility index (Phi) is 8.29. The summed E-state index contributed by atoms with van der Waals surface area (Å²) in [7, 11) is 0. The van der Waals surface area contributed by atoms with Gasteiger partial charge in [0.2, 0.25) is 0 Å². The number of aliphatic carboxylic acids is 1. The van der Waals surface area contributed by atoms with Crippen molar-refractivity contribution < 1.29 is 9.90 Å². The van der Waals surface area contributed by atoms with Crippen LogP contribution in [0, 0.1) is 0 Å². The van der Waals surface area contributed by atoms with E-state index in [1.54, 1.807) is 6.08 Å². The lowest BCUT2D eigenvalue weighted by molar-refractivity contribution is -0.136. The van der Waals surface area contributed by atoms with Crippen LogP contribution in [0.1, 0.15) is 102 Å². The Balaban J connectivity index is 2.36. The molecule has 0 bridgehead atoms. The van der Waals surface area contributed by atoms with Gasteiger partial charge in [-0.3, -0.25) is 4.79 Å². The third-order valence-electron chi connectivity index (χ3n) is 6.51. The minimum absolute atomic E-state index is 0.0666. The number of aryl methyl sites for hydroxylation is 1. The molecule has 164 valence electrons. The van der Waals surface area contributed by atoms with Crippen molar-refractivity contribution in [2.45, 2.75) is 97.3 Å². The Morgan fingerprint density at radius 2 is 1.67 bits per heavy atom. The van der Waals surface area contributed by atoms with Crippen LogP contribution in [-0.4, -0.2) is 11.1 Å². The quantitative estimate of drug-likeness (QED) is 0.335. The van der Waals surface area contributed by atoms with Gasteiger partial charge in [0.25, 0.3) is 0 Å². The Bertz CT molecular complexity index is 834. The average molecular weight is 409 g/mol. The third kappa shape index (κ3) is 6.45. The molecule has 2 heteroatoms. The second-order valence-corrected chi connectivity index (χ2v) is 10.1. The zero-order valence-electron chi connectivity index (χ0n) is 19.8. The number of benzene rings is 1. The minimum atomic E-state index is -0.797. The highest BCUT2D eigenvalue weighted by Crippen LogP contribution is 2.46. The minimum Gasteiger partial charge on any atom is -0.481 e. The second-order valence-electron chi connectivity index (χ2n) is 10.1. The number of hydrogen-bond donors (Lipinski definition) is 1. The third-order valence-corrected chi connectivity index (χ3v) is 6.51. The summed E-state index contributed by atoms with van der Waals surface area (Å²) in [6, 6.07) is 4.93. The average Bonchev–Trinajstić information content (AvgIpc) is 2.67. The van der Waals surface area contributed by atoms with Gasteiger partial charge in [-0.2, -0.15) is 0 Å². The largest absolute Gasteiger partial charge is 0.481 e. The summed E-state index contributed by atoms with van der Waals surface area (Å²) >= 11 is 0. The molecule has 0 aliphatic heterocycles. The number of carboxylic acids is 1. The molecule has 0 heterocycles. The van der Waals surface area contributed by atoms with E-state index in [4.69, 9.17) is 5.11 Å². The first-order valence-electron chi connectivity index (χ1n) is 11.5. The van der Waals surface area contributed by atoms with Gasteiger partial charge in [0.15, 0.2) is 0 Å². The summed E-state index contributed by atoms with van der Waals surface area (Å²) in [5.74, 6) is -0.797. The Labute approximate surface area is 183 Å². The van der Waals surface area contributed by atoms with E-state index in [9.17, 15) is 4.79 Å². The SMILES string of the molecule is CCCCCc1cc2c(cc1C=CC=CC(C)=CCC(=O)O)C(C)(C)CCC2(C)C. The molecule has 2 rings (SSSR count). The van der Waals surface area contributed by atoms with Gasteiger partial charge < -0.3 is 5.11 Å². The van der Waals surface area contributed by atoms with Crippen molar-refractivity contribution in [2.24, 2.45) is 0 Å². The van der Waals surface area contributed by atoms with Gasteiger partial charge in [-0.1, -0.05) is 95.5 Å². The maximum absolute atomic E-state index is 10.7. The lowest BCUT2D eigenvalue weighted by atomic mass is 9.62. The number of carboxylic acid groups (broad SMARTS) is 1. The van der Waals surface area contributed by atoms with Crippen LogP contribution >= 0.6 is 0 Å². The second kappa shape index (κ2) is 10.3. The van der Waals surface area contributed by atoms with Gasteiger partial charge >= 0.3 is 5.97 Å².